The van der Waals surface area contributed by atoms with E-state index in [4.69, 9.17) is 5.11 Å². The van der Waals surface area contributed by atoms with Gasteiger partial charge in [0.05, 0.1) is 18.4 Å². The largest absolute Gasteiger partial charge is 0.503 e. The lowest BCUT2D eigenvalue weighted by Crippen LogP contribution is -2.25. The van der Waals surface area contributed by atoms with E-state index in [2.05, 4.69) is 12.2 Å². The number of amides is 1. The minimum atomic E-state index is -0.587. The van der Waals surface area contributed by atoms with Crippen molar-refractivity contribution in [3.63, 3.8) is 0 Å². The number of carbonyl (C=O) groups excluding carboxylic acids is 1. The van der Waals surface area contributed by atoms with Crippen molar-refractivity contribution in [3.05, 3.63) is 28.2 Å². The fourth-order valence-electron chi connectivity index (χ4n) is 1.50. The molecule has 0 aliphatic carbocycles. The van der Waals surface area contributed by atoms with Gasteiger partial charge in [0, 0.05) is 12.5 Å². The molecule has 0 fully saturated rings. The number of nitrogens with one attached hydrogen (secondary N) is 1. The van der Waals surface area contributed by atoms with Crippen LogP contribution in [0.1, 0.15) is 38.3 Å². The maximum atomic E-state index is 11.4. The number of unbranched alkanes of at least 4 members (excludes halogenated alkanes) is 2. The van der Waals surface area contributed by atoms with Gasteiger partial charge in [0.15, 0.2) is 5.75 Å². The van der Waals surface area contributed by atoms with Crippen molar-refractivity contribution in [2.45, 2.75) is 39.2 Å². The SMILES string of the molecule is CCCCCC(=O)NCc1cc(=O)c(O)cn1O. The van der Waals surface area contributed by atoms with Crippen LogP contribution in [-0.4, -0.2) is 21.0 Å². The summed E-state index contributed by atoms with van der Waals surface area (Å²) in [5, 5.41) is 21.1. The summed E-state index contributed by atoms with van der Waals surface area (Å²) < 4.78 is 0.628. The summed E-state index contributed by atoms with van der Waals surface area (Å²) in [6, 6.07) is 1.08. The van der Waals surface area contributed by atoms with Crippen LogP contribution in [0.2, 0.25) is 0 Å². The minimum absolute atomic E-state index is 0.0526. The summed E-state index contributed by atoms with van der Waals surface area (Å²) in [5.41, 5.74) is -0.364. The standard InChI is InChI=1S/C12H18N2O4/c1-2-3-4-5-12(17)13-7-9-6-10(15)11(16)8-14(9)18/h6,8,16,18H,2-5,7H2,1H3,(H,13,17). The van der Waals surface area contributed by atoms with Crippen LogP contribution in [0.25, 0.3) is 0 Å². The highest BCUT2D eigenvalue weighted by molar-refractivity contribution is 5.75. The molecule has 0 aliphatic rings. The Morgan fingerprint density at radius 1 is 1.44 bits per heavy atom. The third kappa shape index (κ3) is 4.12. The highest BCUT2D eigenvalue weighted by atomic mass is 16.5. The number of nitrogens with zero attached hydrogens (tertiary/aromatic N) is 1. The van der Waals surface area contributed by atoms with E-state index >= 15 is 0 Å². The molecule has 1 aromatic rings. The molecule has 100 valence electrons. The van der Waals surface area contributed by atoms with Crippen LogP contribution in [0.15, 0.2) is 17.1 Å². The zero-order valence-electron chi connectivity index (χ0n) is 10.3. The molecular weight excluding hydrogens is 236 g/mol. The normalized spacial score (nSPS) is 10.3. The second-order valence-electron chi connectivity index (χ2n) is 4.09. The number of carbonyl (C=O) groups is 1. The molecule has 0 aliphatic heterocycles. The third-order valence-corrected chi connectivity index (χ3v) is 2.56. The van der Waals surface area contributed by atoms with E-state index in [1.807, 2.05) is 0 Å². The lowest BCUT2D eigenvalue weighted by Gasteiger charge is -2.08. The lowest BCUT2D eigenvalue weighted by atomic mass is 10.2. The number of aromatic nitrogens is 1. The molecule has 0 atom stereocenters. The Bertz CT molecular complexity index is 468. The third-order valence-electron chi connectivity index (χ3n) is 2.56. The van der Waals surface area contributed by atoms with Gasteiger partial charge in [0.25, 0.3) is 0 Å². The van der Waals surface area contributed by atoms with Gasteiger partial charge in [0.2, 0.25) is 11.3 Å². The molecule has 6 heteroatoms. The topological polar surface area (TPSA) is 91.6 Å². The van der Waals surface area contributed by atoms with Crippen molar-refractivity contribution in [1.29, 1.82) is 0 Å². The van der Waals surface area contributed by atoms with Crippen LogP contribution < -0.4 is 10.7 Å². The smallest absolute Gasteiger partial charge is 0.223 e. The first-order chi connectivity index (χ1) is 8.54. The summed E-state index contributed by atoms with van der Waals surface area (Å²) in [4.78, 5) is 22.6. The van der Waals surface area contributed by atoms with Crippen molar-refractivity contribution in [2.75, 3.05) is 0 Å². The highest BCUT2D eigenvalue weighted by Gasteiger charge is 2.06. The van der Waals surface area contributed by atoms with Crippen LogP contribution in [-0.2, 0) is 11.3 Å². The van der Waals surface area contributed by atoms with Gasteiger partial charge in [-0.2, -0.15) is 4.73 Å². The van der Waals surface area contributed by atoms with Gasteiger partial charge >= 0.3 is 0 Å². The second kappa shape index (κ2) is 6.68. The van der Waals surface area contributed by atoms with Crippen LogP contribution in [0.4, 0.5) is 0 Å². The molecule has 1 heterocycles. The number of hydrogen-bond donors (Lipinski definition) is 3. The predicted octanol–water partition coefficient (Wildman–Crippen LogP) is 0.988. The molecule has 0 bridgehead atoms. The molecule has 1 amide bonds. The van der Waals surface area contributed by atoms with E-state index in [9.17, 15) is 14.8 Å². The molecule has 0 aromatic carbocycles. The highest BCUT2D eigenvalue weighted by Crippen LogP contribution is 2.03. The molecule has 0 saturated carbocycles. The Labute approximate surface area is 105 Å². The maximum Gasteiger partial charge on any atom is 0.223 e. The maximum absolute atomic E-state index is 11.4. The second-order valence-corrected chi connectivity index (χ2v) is 4.09. The van der Waals surface area contributed by atoms with E-state index in [1.165, 1.54) is 0 Å². The van der Waals surface area contributed by atoms with Crippen LogP contribution in [0.3, 0.4) is 0 Å². The zero-order chi connectivity index (χ0) is 13.5. The van der Waals surface area contributed by atoms with Gasteiger partial charge in [0.1, 0.15) is 0 Å². The van der Waals surface area contributed by atoms with Gasteiger partial charge < -0.3 is 15.6 Å². The Kier molecular flexibility index (Phi) is 5.23. The molecular formula is C12H18N2O4. The first-order valence-corrected chi connectivity index (χ1v) is 5.95. The minimum Gasteiger partial charge on any atom is -0.503 e. The first kappa shape index (κ1) is 14.1. The molecule has 0 saturated heterocycles. The van der Waals surface area contributed by atoms with Gasteiger partial charge in [-0.05, 0) is 6.42 Å². The van der Waals surface area contributed by atoms with E-state index in [0.29, 0.717) is 11.2 Å². The van der Waals surface area contributed by atoms with E-state index < -0.39 is 11.2 Å². The van der Waals surface area contributed by atoms with Crippen LogP contribution >= 0.6 is 0 Å². The summed E-state index contributed by atoms with van der Waals surface area (Å²) >= 11 is 0. The summed E-state index contributed by atoms with van der Waals surface area (Å²) in [5.74, 6) is -0.653. The van der Waals surface area contributed by atoms with Gasteiger partial charge in [-0.25, -0.2) is 0 Å². The molecule has 18 heavy (non-hydrogen) atoms. The Morgan fingerprint density at radius 2 is 2.17 bits per heavy atom. The molecule has 3 N–H and O–H groups in total. The van der Waals surface area contributed by atoms with Crippen LogP contribution in [0, 0.1) is 0 Å². The Morgan fingerprint density at radius 3 is 2.83 bits per heavy atom. The Hall–Kier alpha value is -1.98. The number of rotatable bonds is 6. The predicted molar refractivity (Wildman–Crippen MR) is 65.5 cm³/mol. The molecule has 1 aromatic heterocycles. The fraction of sp³-hybridized carbons (Fsp3) is 0.500. The summed E-state index contributed by atoms with van der Waals surface area (Å²) in [7, 11) is 0. The van der Waals surface area contributed by atoms with Crippen molar-refractivity contribution >= 4 is 5.91 Å². The van der Waals surface area contributed by atoms with Gasteiger partial charge in [-0.3, -0.25) is 9.59 Å². The average Bonchev–Trinajstić information content (AvgIpc) is 2.32. The van der Waals surface area contributed by atoms with Crippen molar-refractivity contribution < 1.29 is 15.1 Å². The van der Waals surface area contributed by atoms with Gasteiger partial charge in [-0.15, -0.1) is 0 Å². The van der Waals surface area contributed by atoms with Crippen molar-refractivity contribution in [2.24, 2.45) is 0 Å². The molecule has 1 rings (SSSR count). The Balaban J connectivity index is 2.51. The number of pyridine rings is 1. The monoisotopic (exact) mass is 254 g/mol. The number of aromatic hydroxyl groups is 1. The fourth-order valence-corrected chi connectivity index (χ4v) is 1.50. The molecule has 0 radical (unpaired) electrons. The summed E-state index contributed by atoms with van der Waals surface area (Å²) in [6.45, 7) is 2.11. The van der Waals surface area contributed by atoms with E-state index in [0.717, 1.165) is 31.5 Å². The van der Waals surface area contributed by atoms with Crippen molar-refractivity contribution in [1.82, 2.24) is 10.0 Å². The molecule has 0 unspecified atom stereocenters. The summed E-state index contributed by atoms with van der Waals surface area (Å²) in [6.07, 6.45) is 4.20. The van der Waals surface area contributed by atoms with Crippen molar-refractivity contribution in [3.8, 4) is 5.75 Å². The molecule has 0 spiro atoms. The lowest BCUT2D eigenvalue weighted by molar-refractivity contribution is -0.121. The quantitative estimate of drug-likeness (QED) is 0.521. The van der Waals surface area contributed by atoms with E-state index in [-0.39, 0.29) is 18.1 Å². The van der Waals surface area contributed by atoms with Gasteiger partial charge in [-0.1, -0.05) is 19.8 Å². The number of hydrogen-bond acceptors (Lipinski definition) is 4. The van der Waals surface area contributed by atoms with Crippen LogP contribution in [0.5, 0.6) is 5.75 Å². The average molecular weight is 254 g/mol. The molecule has 6 nitrogen and oxygen atoms in total. The zero-order valence-corrected chi connectivity index (χ0v) is 10.3. The first-order valence-electron chi connectivity index (χ1n) is 5.95. The van der Waals surface area contributed by atoms with E-state index in [1.54, 1.807) is 0 Å².